The molecule has 5 heteroatoms. The fourth-order valence-electron chi connectivity index (χ4n) is 1.69. The van der Waals surface area contributed by atoms with E-state index in [0.29, 0.717) is 21.3 Å². The Kier molecular flexibility index (Phi) is 3.85. The minimum Gasteiger partial charge on any atom is -0.508 e. The highest BCUT2D eigenvalue weighted by Gasteiger charge is 2.11. The van der Waals surface area contributed by atoms with E-state index in [4.69, 9.17) is 0 Å². The van der Waals surface area contributed by atoms with Crippen molar-refractivity contribution in [2.45, 2.75) is 6.92 Å². The molecule has 0 heterocycles. The molecule has 0 saturated carbocycles. The topological polar surface area (TPSA) is 49.3 Å². The number of carbonyl (C=O) groups excluding carboxylic acids is 1. The van der Waals surface area contributed by atoms with E-state index in [0.717, 1.165) is 0 Å². The van der Waals surface area contributed by atoms with Crippen molar-refractivity contribution in [2.24, 2.45) is 0 Å². The lowest BCUT2D eigenvalue weighted by Gasteiger charge is -2.09. The predicted molar refractivity (Wildman–Crippen MR) is 74.9 cm³/mol. The molecule has 0 atom stereocenters. The summed E-state index contributed by atoms with van der Waals surface area (Å²) >= 11 is 3.24. The second-order valence-electron chi connectivity index (χ2n) is 4.08. The van der Waals surface area contributed by atoms with Crippen LogP contribution in [0, 0.1) is 12.7 Å². The number of carbonyl (C=O) groups is 1. The van der Waals surface area contributed by atoms with Gasteiger partial charge < -0.3 is 10.4 Å². The van der Waals surface area contributed by atoms with E-state index in [1.165, 1.54) is 36.4 Å². The van der Waals surface area contributed by atoms with Crippen molar-refractivity contribution in [1.29, 1.82) is 0 Å². The van der Waals surface area contributed by atoms with E-state index in [1.54, 1.807) is 6.92 Å². The number of nitrogens with one attached hydrogen (secondary N) is 1. The third-order valence-corrected chi connectivity index (χ3v) is 3.32. The fourth-order valence-corrected chi connectivity index (χ4v) is 2.03. The molecular formula is C14H11BrFNO2. The van der Waals surface area contributed by atoms with Gasteiger partial charge in [-0.1, -0.05) is 0 Å². The van der Waals surface area contributed by atoms with Crippen molar-refractivity contribution < 1.29 is 14.3 Å². The summed E-state index contributed by atoms with van der Waals surface area (Å²) in [7, 11) is 0. The van der Waals surface area contributed by atoms with Gasteiger partial charge in [-0.2, -0.15) is 0 Å². The largest absolute Gasteiger partial charge is 0.508 e. The van der Waals surface area contributed by atoms with Crippen LogP contribution < -0.4 is 5.32 Å². The lowest BCUT2D eigenvalue weighted by Crippen LogP contribution is -2.13. The normalized spacial score (nSPS) is 10.3. The molecule has 1 amide bonds. The molecule has 3 nitrogen and oxygen atoms in total. The van der Waals surface area contributed by atoms with Gasteiger partial charge in [0.2, 0.25) is 0 Å². The molecule has 0 saturated heterocycles. The van der Waals surface area contributed by atoms with E-state index in [2.05, 4.69) is 21.2 Å². The van der Waals surface area contributed by atoms with Crippen LogP contribution in [0.2, 0.25) is 0 Å². The number of rotatable bonds is 2. The predicted octanol–water partition coefficient (Wildman–Crippen LogP) is 3.85. The summed E-state index contributed by atoms with van der Waals surface area (Å²) in [4.78, 5) is 12.1. The number of phenolic OH excluding ortho intramolecular Hbond substituents is 1. The van der Waals surface area contributed by atoms with Gasteiger partial charge in [-0.3, -0.25) is 4.79 Å². The van der Waals surface area contributed by atoms with Crippen molar-refractivity contribution in [3.05, 3.63) is 57.8 Å². The molecule has 98 valence electrons. The van der Waals surface area contributed by atoms with Crippen LogP contribution in [0.15, 0.2) is 40.9 Å². The first-order valence-corrected chi connectivity index (χ1v) is 6.32. The van der Waals surface area contributed by atoms with Crippen LogP contribution in [-0.2, 0) is 0 Å². The molecule has 0 fully saturated rings. The number of halogens is 2. The first-order valence-electron chi connectivity index (χ1n) is 5.53. The first-order chi connectivity index (χ1) is 8.97. The summed E-state index contributed by atoms with van der Waals surface area (Å²) < 4.78 is 13.7. The van der Waals surface area contributed by atoms with Crippen molar-refractivity contribution in [3.63, 3.8) is 0 Å². The maximum Gasteiger partial charge on any atom is 0.255 e. The summed E-state index contributed by atoms with van der Waals surface area (Å²) in [5.74, 6) is -0.689. The zero-order valence-electron chi connectivity index (χ0n) is 10.1. The van der Waals surface area contributed by atoms with E-state index >= 15 is 0 Å². The molecule has 0 aliphatic carbocycles. The summed E-state index contributed by atoms with van der Waals surface area (Å²) in [6.45, 7) is 1.72. The van der Waals surface area contributed by atoms with Gasteiger partial charge in [0.05, 0.1) is 5.69 Å². The molecule has 0 aromatic heterocycles. The highest BCUT2D eigenvalue weighted by atomic mass is 79.9. The highest BCUT2D eigenvalue weighted by Crippen LogP contribution is 2.24. The summed E-state index contributed by atoms with van der Waals surface area (Å²) in [6, 6.07) is 8.50. The molecule has 0 aliphatic heterocycles. The minimum atomic E-state index is -0.430. The Morgan fingerprint density at radius 3 is 2.68 bits per heavy atom. The van der Waals surface area contributed by atoms with Gasteiger partial charge in [0.15, 0.2) is 0 Å². The summed E-state index contributed by atoms with van der Waals surface area (Å²) in [5, 5.41) is 11.9. The number of benzene rings is 2. The number of anilines is 1. The Morgan fingerprint density at radius 1 is 1.26 bits per heavy atom. The summed E-state index contributed by atoms with van der Waals surface area (Å²) in [6.07, 6.45) is 0. The fraction of sp³-hybridized carbons (Fsp3) is 0.0714. The number of phenols is 1. The zero-order valence-corrected chi connectivity index (χ0v) is 11.7. The first kappa shape index (κ1) is 13.5. The van der Waals surface area contributed by atoms with Crippen LogP contribution in [0.3, 0.4) is 0 Å². The van der Waals surface area contributed by atoms with Gasteiger partial charge in [0, 0.05) is 10.0 Å². The van der Waals surface area contributed by atoms with Crippen LogP contribution in [0.5, 0.6) is 5.75 Å². The van der Waals surface area contributed by atoms with Crippen molar-refractivity contribution in [3.8, 4) is 5.75 Å². The van der Waals surface area contributed by atoms with Crippen LogP contribution in [0.25, 0.3) is 0 Å². The van der Waals surface area contributed by atoms with Gasteiger partial charge in [-0.15, -0.1) is 0 Å². The smallest absolute Gasteiger partial charge is 0.255 e. The Labute approximate surface area is 118 Å². The summed E-state index contributed by atoms with van der Waals surface area (Å²) in [5.41, 5.74) is 1.43. The SMILES string of the molecule is Cc1cc(O)ccc1C(=O)Nc1cc(F)ccc1Br. The molecular weight excluding hydrogens is 313 g/mol. The van der Waals surface area contributed by atoms with Gasteiger partial charge in [-0.25, -0.2) is 4.39 Å². The number of hydrogen-bond donors (Lipinski definition) is 2. The molecule has 0 unspecified atom stereocenters. The quantitative estimate of drug-likeness (QED) is 0.881. The average Bonchev–Trinajstić information content (AvgIpc) is 2.33. The second-order valence-corrected chi connectivity index (χ2v) is 4.93. The van der Waals surface area contributed by atoms with Gasteiger partial charge in [-0.05, 0) is 64.8 Å². The Bertz CT molecular complexity index is 643. The van der Waals surface area contributed by atoms with Crippen LogP contribution >= 0.6 is 15.9 Å². The molecule has 2 rings (SSSR count). The Hall–Kier alpha value is -1.88. The Balaban J connectivity index is 2.28. The van der Waals surface area contributed by atoms with E-state index < -0.39 is 5.82 Å². The maximum atomic E-state index is 13.1. The molecule has 19 heavy (non-hydrogen) atoms. The highest BCUT2D eigenvalue weighted by molar-refractivity contribution is 9.10. The maximum absolute atomic E-state index is 13.1. The van der Waals surface area contributed by atoms with E-state index in [1.807, 2.05) is 0 Å². The molecule has 0 spiro atoms. The Morgan fingerprint density at radius 2 is 2.00 bits per heavy atom. The molecule has 0 aliphatic rings. The molecule has 2 N–H and O–H groups in total. The lowest BCUT2D eigenvalue weighted by atomic mass is 10.1. The number of amides is 1. The molecule has 0 bridgehead atoms. The second kappa shape index (κ2) is 5.40. The van der Waals surface area contributed by atoms with Gasteiger partial charge in [0.25, 0.3) is 5.91 Å². The minimum absolute atomic E-state index is 0.0981. The third-order valence-electron chi connectivity index (χ3n) is 2.63. The van der Waals surface area contributed by atoms with Gasteiger partial charge >= 0.3 is 0 Å². The van der Waals surface area contributed by atoms with Crippen LogP contribution in [0.1, 0.15) is 15.9 Å². The van der Waals surface area contributed by atoms with Crippen molar-refractivity contribution >= 4 is 27.5 Å². The van der Waals surface area contributed by atoms with Crippen LogP contribution in [-0.4, -0.2) is 11.0 Å². The van der Waals surface area contributed by atoms with E-state index in [-0.39, 0.29) is 11.7 Å². The van der Waals surface area contributed by atoms with Gasteiger partial charge in [0.1, 0.15) is 11.6 Å². The monoisotopic (exact) mass is 323 g/mol. The van der Waals surface area contributed by atoms with Crippen LogP contribution in [0.4, 0.5) is 10.1 Å². The molecule has 2 aromatic rings. The molecule has 0 radical (unpaired) electrons. The van der Waals surface area contributed by atoms with E-state index in [9.17, 15) is 14.3 Å². The molecule has 2 aromatic carbocycles. The number of aryl methyl sites for hydroxylation is 1. The lowest BCUT2D eigenvalue weighted by molar-refractivity contribution is 0.102. The van der Waals surface area contributed by atoms with Crippen molar-refractivity contribution in [1.82, 2.24) is 0 Å². The standard InChI is InChI=1S/C14H11BrFNO2/c1-8-6-10(18)3-4-11(8)14(19)17-13-7-9(16)2-5-12(13)15/h2-7,18H,1H3,(H,17,19). The average molecular weight is 324 g/mol. The number of hydrogen-bond acceptors (Lipinski definition) is 2. The van der Waals surface area contributed by atoms with Crippen molar-refractivity contribution in [2.75, 3.05) is 5.32 Å². The zero-order chi connectivity index (χ0) is 14.0. The third kappa shape index (κ3) is 3.12. The number of aromatic hydroxyl groups is 1.